The number of hydrogen-bond donors (Lipinski definition) is 0. The van der Waals surface area contributed by atoms with Gasteiger partial charge in [0.05, 0.1) is 12.7 Å². The molecule has 4 bridgehead atoms. The van der Waals surface area contributed by atoms with E-state index in [9.17, 15) is 8.78 Å². The zero-order valence-corrected chi connectivity index (χ0v) is 10.7. The summed E-state index contributed by atoms with van der Waals surface area (Å²) in [6, 6.07) is 0. The first-order chi connectivity index (χ1) is 7.91. The molecule has 2 atom stereocenters. The standard InChI is InChI=1S/C14H22F2O/c1-9(2)17-8-13-5-10-3-11(6-13)14(15,16)12(4-10)7-13/h9-12H,3-8H2,1-2H3. The molecule has 4 fully saturated rings. The summed E-state index contributed by atoms with van der Waals surface area (Å²) in [6.45, 7) is 4.74. The van der Waals surface area contributed by atoms with Crippen LogP contribution in [0.2, 0.25) is 0 Å². The summed E-state index contributed by atoms with van der Waals surface area (Å²) in [6.07, 6.45) is 4.24. The summed E-state index contributed by atoms with van der Waals surface area (Å²) in [5.41, 5.74) is 0.0858. The molecule has 98 valence electrons. The number of halogens is 2. The first-order valence-electron chi connectivity index (χ1n) is 6.91. The van der Waals surface area contributed by atoms with E-state index in [2.05, 4.69) is 0 Å². The molecule has 0 aromatic heterocycles. The van der Waals surface area contributed by atoms with E-state index in [1.807, 2.05) is 13.8 Å². The van der Waals surface area contributed by atoms with E-state index in [1.54, 1.807) is 0 Å². The summed E-state index contributed by atoms with van der Waals surface area (Å²) in [4.78, 5) is 0. The highest BCUT2D eigenvalue weighted by molar-refractivity contribution is 5.08. The monoisotopic (exact) mass is 244 g/mol. The molecule has 4 rings (SSSR count). The predicted molar refractivity (Wildman–Crippen MR) is 62.0 cm³/mol. The van der Waals surface area contributed by atoms with Gasteiger partial charge in [-0.2, -0.15) is 0 Å². The normalized spacial score (nSPS) is 46.8. The van der Waals surface area contributed by atoms with Gasteiger partial charge in [-0.3, -0.25) is 0 Å². The smallest absolute Gasteiger partial charge is 0.253 e. The molecule has 0 spiro atoms. The molecule has 0 aromatic rings. The Kier molecular flexibility index (Phi) is 2.56. The first-order valence-corrected chi connectivity index (χ1v) is 6.91. The molecular formula is C14H22F2O. The van der Waals surface area contributed by atoms with Crippen LogP contribution in [-0.2, 0) is 4.74 Å². The van der Waals surface area contributed by atoms with Crippen molar-refractivity contribution in [2.45, 2.75) is 58.0 Å². The van der Waals surface area contributed by atoms with Crippen molar-refractivity contribution >= 4 is 0 Å². The molecule has 17 heavy (non-hydrogen) atoms. The SMILES string of the molecule is CC(C)OCC12CC3CC(C1)C(F)(F)C(C3)C2. The Bertz CT molecular complexity index is 295. The van der Waals surface area contributed by atoms with Gasteiger partial charge in [0, 0.05) is 11.8 Å². The predicted octanol–water partition coefficient (Wildman–Crippen LogP) is 3.87. The quantitative estimate of drug-likeness (QED) is 0.732. The molecule has 0 amide bonds. The van der Waals surface area contributed by atoms with Crippen LogP contribution in [0.4, 0.5) is 8.78 Å². The molecule has 0 aromatic carbocycles. The van der Waals surface area contributed by atoms with Gasteiger partial charge in [0.1, 0.15) is 0 Å². The molecule has 2 unspecified atom stereocenters. The fourth-order valence-electron chi connectivity index (χ4n) is 4.58. The third-order valence-electron chi connectivity index (χ3n) is 5.13. The Balaban J connectivity index is 1.77. The van der Waals surface area contributed by atoms with Crippen LogP contribution >= 0.6 is 0 Å². The number of ether oxygens (including phenoxy) is 1. The zero-order valence-electron chi connectivity index (χ0n) is 10.7. The van der Waals surface area contributed by atoms with Crippen LogP contribution in [0.15, 0.2) is 0 Å². The van der Waals surface area contributed by atoms with Gasteiger partial charge in [-0.15, -0.1) is 0 Å². The fraction of sp³-hybridized carbons (Fsp3) is 1.00. The highest BCUT2D eigenvalue weighted by Gasteiger charge is 2.63. The minimum absolute atomic E-state index is 0.0858. The van der Waals surface area contributed by atoms with Gasteiger partial charge in [0.2, 0.25) is 0 Å². The molecule has 0 aliphatic heterocycles. The number of hydrogen-bond acceptors (Lipinski definition) is 1. The molecule has 1 nitrogen and oxygen atoms in total. The van der Waals surface area contributed by atoms with Gasteiger partial charge in [0.15, 0.2) is 0 Å². The third kappa shape index (κ3) is 1.81. The van der Waals surface area contributed by atoms with E-state index in [-0.39, 0.29) is 23.4 Å². The maximum atomic E-state index is 14.0. The molecule has 0 heterocycles. The maximum Gasteiger partial charge on any atom is 0.253 e. The topological polar surface area (TPSA) is 9.23 Å². The number of alkyl halides is 2. The lowest BCUT2D eigenvalue weighted by atomic mass is 9.48. The average molecular weight is 244 g/mol. The van der Waals surface area contributed by atoms with E-state index in [4.69, 9.17) is 4.74 Å². The highest BCUT2D eigenvalue weighted by atomic mass is 19.3. The lowest BCUT2D eigenvalue weighted by Crippen LogP contribution is -2.58. The van der Waals surface area contributed by atoms with Crippen molar-refractivity contribution in [3.05, 3.63) is 0 Å². The lowest BCUT2D eigenvalue weighted by Gasteiger charge is -2.59. The van der Waals surface area contributed by atoms with Crippen LogP contribution < -0.4 is 0 Å². The Hall–Kier alpha value is -0.180. The molecule has 0 radical (unpaired) electrons. The van der Waals surface area contributed by atoms with E-state index in [1.165, 1.54) is 0 Å². The molecule has 3 heteroatoms. The van der Waals surface area contributed by atoms with Crippen LogP contribution in [0.25, 0.3) is 0 Å². The zero-order chi connectivity index (χ0) is 12.3. The largest absolute Gasteiger partial charge is 0.378 e. The van der Waals surface area contributed by atoms with Crippen molar-refractivity contribution in [1.82, 2.24) is 0 Å². The van der Waals surface area contributed by atoms with Crippen LogP contribution in [0.1, 0.15) is 46.0 Å². The molecule has 4 aliphatic rings. The summed E-state index contributed by atoms with van der Waals surface area (Å²) < 4.78 is 33.8. The van der Waals surface area contributed by atoms with E-state index in [0.29, 0.717) is 25.4 Å². The van der Waals surface area contributed by atoms with Crippen molar-refractivity contribution in [3.63, 3.8) is 0 Å². The Morgan fingerprint density at radius 1 is 1.12 bits per heavy atom. The van der Waals surface area contributed by atoms with Gasteiger partial charge in [0.25, 0.3) is 5.92 Å². The second kappa shape index (κ2) is 3.66. The number of rotatable bonds is 3. The Morgan fingerprint density at radius 3 is 2.24 bits per heavy atom. The molecule has 4 saturated carbocycles. The Morgan fingerprint density at radius 2 is 1.71 bits per heavy atom. The van der Waals surface area contributed by atoms with Crippen LogP contribution in [-0.4, -0.2) is 18.6 Å². The van der Waals surface area contributed by atoms with Crippen molar-refractivity contribution in [3.8, 4) is 0 Å². The second-order valence-electron chi connectivity index (χ2n) is 6.88. The van der Waals surface area contributed by atoms with E-state index in [0.717, 1.165) is 19.3 Å². The second-order valence-corrected chi connectivity index (χ2v) is 6.88. The molecule has 4 aliphatic carbocycles. The van der Waals surface area contributed by atoms with Gasteiger partial charge in [-0.25, -0.2) is 8.78 Å². The summed E-state index contributed by atoms with van der Waals surface area (Å²) in [7, 11) is 0. The average Bonchev–Trinajstić information content (AvgIpc) is 2.23. The summed E-state index contributed by atoms with van der Waals surface area (Å²) in [5, 5.41) is 0. The summed E-state index contributed by atoms with van der Waals surface area (Å²) in [5.74, 6) is -2.56. The van der Waals surface area contributed by atoms with Crippen molar-refractivity contribution < 1.29 is 13.5 Å². The molecular weight excluding hydrogens is 222 g/mol. The van der Waals surface area contributed by atoms with Crippen molar-refractivity contribution in [2.24, 2.45) is 23.2 Å². The van der Waals surface area contributed by atoms with Crippen molar-refractivity contribution in [2.75, 3.05) is 6.61 Å². The van der Waals surface area contributed by atoms with E-state index < -0.39 is 5.92 Å². The van der Waals surface area contributed by atoms with Crippen LogP contribution in [0.3, 0.4) is 0 Å². The van der Waals surface area contributed by atoms with Gasteiger partial charge in [-0.1, -0.05) is 0 Å². The maximum absolute atomic E-state index is 14.0. The lowest BCUT2D eigenvalue weighted by molar-refractivity contribution is -0.237. The van der Waals surface area contributed by atoms with Gasteiger partial charge in [-0.05, 0) is 57.3 Å². The van der Waals surface area contributed by atoms with Crippen LogP contribution in [0.5, 0.6) is 0 Å². The summed E-state index contributed by atoms with van der Waals surface area (Å²) >= 11 is 0. The van der Waals surface area contributed by atoms with Crippen LogP contribution in [0, 0.1) is 23.2 Å². The highest BCUT2D eigenvalue weighted by Crippen LogP contribution is 2.65. The molecule has 0 saturated heterocycles. The van der Waals surface area contributed by atoms with Gasteiger partial charge >= 0.3 is 0 Å². The van der Waals surface area contributed by atoms with Gasteiger partial charge < -0.3 is 4.74 Å². The minimum Gasteiger partial charge on any atom is -0.378 e. The first kappa shape index (κ1) is 11.9. The Labute approximate surface area is 102 Å². The van der Waals surface area contributed by atoms with E-state index >= 15 is 0 Å². The van der Waals surface area contributed by atoms with Crippen molar-refractivity contribution in [1.29, 1.82) is 0 Å². The third-order valence-corrected chi connectivity index (χ3v) is 5.13. The fourth-order valence-corrected chi connectivity index (χ4v) is 4.58. The molecule has 0 N–H and O–H groups in total. The minimum atomic E-state index is -2.39.